The van der Waals surface area contributed by atoms with Crippen LogP contribution in [0.3, 0.4) is 0 Å². The Labute approximate surface area is 162 Å². The summed E-state index contributed by atoms with van der Waals surface area (Å²) in [6.45, 7) is 3.98. The number of hydrogen-bond acceptors (Lipinski definition) is 6. The fourth-order valence-corrected chi connectivity index (χ4v) is 3.10. The van der Waals surface area contributed by atoms with E-state index in [-0.39, 0.29) is 44.7 Å². The van der Waals surface area contributed by atoms with E-state index in [1.807, 2.05) is 19.9 Å². The summed E-state index contributed by atoms with van der Waals surface area (Å²) in [6, 6.07) is 6.18. The molecule has 28 heavy (non-hydrogen) atoms. The van der Waals surface area contributed by atoms with Crippen molar-refractivity contribution in [2.24, 2.45) is 0 Å². The number of hydrogen-bond donors (Lipinski definition) is 2. The van der Waals surface area contributed by atoms with Crippen LogP contribution in [0.5, 0.6) is 11.5 Å². The lowest BCUT2D eigenvalue weighted by Crippen LogP contribution is -2.52. The molecule has 8 nitrogen and oxygen atoms in total. The van der Waals surface area contributed by atoms with E-state index in [0.29, 0.717) is 17.1 Å². The van der Waals surface area contributed by atoms with Crippen molar-refractivity contribution in [3.8, 4) is 17.6 Å². The molecule has 2 amide bonds. The van der Waals surface area contributed by atoms with Crippen molar-refractivity contribution in [1.29, 1.82) is 5.26 Å². The number of alkyl halides is 1. The van der Waals surface area contributed by atoms with E-state index in [1.165, 1.54) is 4.90 Å². The summed E-state index contributed by atoms with van der Waals surface area (Å²) in [5, 5.41) is 14.9. The van der Waals surface area contributed by atoms with Gasteiger partial charge in [-0.2, -0.15) is 5.26 Å². The fourth-order valence-electron chi connectivity index (χ4n) is 3.10. The van der Waals surface area contributed by atoms with Crippen LogP contribution in [-0.4, -0.2) is 60.9 Å². The van der Waals surface area contributed by atoms with Gasteiger partial charge in [0, 0.05) is 24.1 Å². The summed E-state index contributed by atoms with van der Waals surface area (Å²) in [5.41, 5.74) is -0.141. The Morgan fingerprint density at radius 2 is 2.11 bits per heavy atom. The van der Waals surface area contributed by atoms with Crippen LogP contribution < -0.4 is 20.1 Å². The highest BCUT2D eigenvalue weighted by atomic mass is 19.1. The highest BCUT2D eigenvalue weighted by molar-refractivity contribution is 5.95. The second-order valence-electron chi connectivity index (χ2n) is 7.51. The molecule has 0 spiro atoms. The summed E-state index contributed by atoms with van der Waals surface area (Å²) in [4.78, 5) is 25.9. The molecule has 0 aromatic heterocycles. The second kappa shape index (κ2) is 8.02. The number of halogens is 1. The van der Waals surface area contributed by atoms with Gasteiger partial charge in [0.15, 0.2) is 11.5 Å². The minimum absolute atomic E-state index is 0.0439. The fraction of sp³-hybridized carbons (Fsp3) is 0.526. The van der Waals surface area contributed by atoms with Crippen molar-refractivity contribution in [2.45, 2.75) is 38.0 Å². The van der Waals surface area contributed by atoms with Gasteiger partial charge in [-0.25, -0.2) is 4.39 Å². The standard InChI is InChI=1S/C19H23FN4O4/c1-19(2,23-8-17(25)24-9-13(20)6-14(24)7-21)10-22-18(26)12-3-4-15-16(5-12)28-11-27-15/h3-5,13-14,23H,6,8-11H2,1-2H3,(H,22,26)/t13-,14-/m0/s1. The molecule has 2 heterocycles. The molecule has 0 aliphatic carbocycles. The molecule has 2 N–H and O–H groups in total. The molecule has 0 unspecified atom stereocenters. The molecule has 2 aliphatic rings. The summed E-state index contributed by atoms with van der Waals surface area (Å²) in [5.74, 6) is 0.523. The number of nitriles is 1. The molecule has 1 aromatic rings. The van der Waals surface area contributed by atoms with E-state index in [9.17, 15) is 14.0 Å². The predicted octanol–water partition coefficient (Wildman–Crippen LogP) is 0.976. The SMILES string of the molecule is CC(C)(CNC(=O)c1ccc2c(c1)OCO2)NCC(=O)N1C[C@@H](F)C[C@H]1C#N. The third-order valence-corrected chi connectivity index (χ3v) is 4.76. The zero-order chi connectivity index (χ0) is 20.3. The quantitative estimate of drug-likeness (QED) is 0.750. The number of nitrogens with zero attached hydrogens (tertiary/aromatic N) is 2. The van der Waals surface area contributed by atoms with Gasteiger partial charge in [-0.1, -0.05) is 0 Å². The van der Waals surface area contributed by atoms with E-state index in [0.717, 1.165) is 0 Å². The lowest BCUT2D eigenvalue weighted by atomic mass is 10.1. The molecule has 2 atom stereocenters. The van der Waals surface area contributed by atoms with Crippen LogP contribution in [-0.2, 0) is 4.79 Å². The highest BCUT2D eigenvalue weighted by Gasteiger charge is 2.35. The Morgan fingerprint density at radius 1 is 1.36 bits per heavy atom. The smallest absolute Gasteiger partial charge is 0.251 e. The lowest BCUT2D eigenvalue weighted by molar-refractivity contribution is -0.130. The van der Waals surface area contributed by atoms with Crippen molar-refractivity contribution in [3.63, 3.8) is 0 Å². The average molecular weight is 390 g/mol. The van der Waals surface area contributed by atoms with Gasteiger partial charge in [0.05, 0.1) is 19.2 Å². The number of ether oxygens (including phenoxy) is 2. The average Bonchev–Trinajstić information content (AvgIpc) is 3.29. The van der Waals surface area contributed by atoms with Crippen molar-refractivity contribution >= 4 is 11.8 Å². The van der Waals surface area contributed by atoms with Crippen LogP contribution >= 0.6 is 0 Å². The normalized spacial score (nSPS) is 20.7. The van der Waals surface area contributed by atoms with Crippen molar-refractivity contribution < 1.29 is 23.5 Å². The molecule has 3 rings (SSSR count). The third kappa shape index (κ3) is 4.51. The highest BCUT2D eigenvalue weighted by Crippen LogP contribution is 2.32. The molecule has 1 aromatic carbocycles. The van der Waals surface area contributed by atoms with Gasteiger partial charge in [0.2, 0.25) is 12.7 Å². The largest absolute Gasteiger partial charge is 0.454 e. The Balaban J connectivity index is 1.49. The minimum atomic E-state index is -1.16. The molecule has 150 valence electrons. The monoisotopic (exact) mass is 390 g/mol. The van der Waals surface area contributed by atoms with Gasteiger partial charge in [-0.15, -0.1) is 0 Å². The maximum absolute atomic E-state index is 13.5. The van der Waals surface area contributed by atoms with Crippen LogP contribution in [0.15, 0.2) is 18.2 Å². The van der Waals surface area contributed by atoms with Crippen LogP contribution in [0, 0.1) is 11.3 Å². The molecule has 0 saturated carbocycles. The molecule has 0 bridgehead atoms. The van der Waals surface area contributed by atoms with Gasteiger partial charge < -0.3 is 25.0 Å². The van der Waals surface area contributed by atoms with Crippen LogP contribution in [0.1, 0.15) is 30.6 Å². The summed E-state index contributed by atoms with van der Waals surface area (Å²) < 4.78 is 24.0. The van der Waals surface area contributed by atoms with E-state index in [2.05, 4.69) is 10.6 Å². The number of amides is 2. The number of carbonyl (C=O) groups is 2. The molecule has 1 saturated heterocycles. The number of nitrogens with one attached hydrogen (secondary N) is 2. The van der Waals surface area contributed by atoms with E-state index in [4.69, 9.17) is 14.7 Å². The first-order valence-electron chi connectivity index (χ1n) is 9.05. The number of carbonyl (C=O) groups excluding carboxylic acids is 2. The topological polar surface area (TPSA) is 104 Å². The Morgan fingerprint density at radius 3 is 2.86 bits per heavy atom. The third-order valence-electron chi connectivity index (χ3n) is 4.76. The molecule has 1 fully saturated rings. The first-order chi connectivity index (χ1) is 13.3. The van der Waals surface area contributed by atoms with Gasteiger partial charge in [0.1, 0.15) is 12.2 Å². The Bertz CT molecular complexity index is 808. The number of rotatable bonds is 6. The molecule has 0 radical (unpaired) electrons. The summed E-state index contributed by atoms with van der Waals surface area (Å²) in [7, 11) is 0. The molecule has 9 heteroatoms. The molecule has 2 aliphatic heterocycles. The Kier molecular flexibility index (Phi) is 5.70. The molecular weight excluding hydrogens is 367 g/mol. The first kappa shape index (κ1) is 19.9. The number of fused-ring (bicyclic) bond motifs is 1. The van der Waals surface area contributed by atoms with Crippen LogP contribution in [0.4, 0.5) is 4.39 Å². The first-order valence-corrected chi connectivity index (χ1v) is 9.05. The molecular formula is C19H23FN4O4. The van der Waals surface area contributed by atoms with Crippen LogP contribution in [0.2, 0.25) is 0 Å². The van der Waals surface area contributed by atoms with Crippen molar-refractivity contribution in [1.82, 2.24) is 15.5 Å². The van der Waals surface area contributed by atoms with Gasteiger partial charge in [0.25, 0.3) is 5.91 Å². The summed E-state index contributed by atoms with van der Waals surface area (Å²) in [6.07, 6.45) is -1.11. The van der Waals surface area contributed by atoms with E-state index in [1.54, 1.807) is 18.2 Å². The summed E-state index contributed by atoms with van der Waals surface area (Å²) >= 11 is 0. The predicted molar refractivity (Wildman–Crippen MR) is 97.6 cm³/mol. The van der Waals surface area contributed by atoms with Gasteiger partial charge >= 0.3 is 0 Å². The minimum Gasteiger partial charge on any atom is -0.454 e. The van der Waals surface area contributed by atoms with Crippen molar-refractivity contribution in [2.75, 3.05) is 26.4 Å². The van der Waals surface area contributed by atoms with E-state index < -0.39 is 17.8 Å². The number of benzene rings is 1. The zero-order valence-corrected chi connectivity index (χ0v) is 15.8. The maximum Gasteiger partial charge on any atom is 0.251 e. The lowest BCUT2D eigenvalue weighted by Gasteiger charge is -2.28. The van der Waals surface area contributed by atoms with Crippen molar-refractivity contribution in [3.05, 3.63) is 23.8 Å². The zero-order valence-electron chi connectivity index (χ0n) is 15.8. The van der Waals surface area contributed by atoms with Crippen LogP contribution in [0.25, 0.3) is 0 Å². The van der Waals surface area contributed by atoms with E-state index >= 15 is 0 Å². The second-order valence-corrected chi connectivity index (χ2v) is 7.51. The maximum atomic E-state index is 13.5. The number of likely N-dealkylation sites (tertiary alicyclic amines) is 1. The van der Waals surface area contributed by atoms with Gasteiger partial charge in [-0.05, 0) is 32.0 Å². The Hall–Kier alpha value is -2.86. The van der Waals surface area contributed by atoms with Gasteiger partial charge in [-0.3, -0.25) is 9.59 Å².